The minimum absolute atomic E-state index is 0.0154. The maximum Gasteiger partial charge on any atom is 0.408 e. The molecule has 8 heteroatoms. The van der Waals surface area contributed by atoms with E-state index >= 15 is 0 Å². The Morgan fingerprint density at radius 3 is 2.42 bits per heavy atom. The van der Waals surface area contributed by atoms with Crippen LogP contribution in [0.15, 0.2) is 54.1 Å². The molecule has 33 heavy (non-hydrogen) atoms. The quantitative estimate of drug-likeness (QED) is 0.385. The van der Waals surface area contributed by atoms with Crippen LogP contribution in [0.5, 0.6) is 0 Å². The number of allylic oxidation sites excluding steroid dienone is 3. The van der Waals surface area contributed by atoms with Gasteiger partial charge in [0.1, 0.15) is 24.2 Å². The van der Waals surface area contributed by atoms with Crippen LogP contribution in [0.4, 0.5) is 4.79 Å². The molecule has 3 atom stereocenters. The Hall–Kier alpha value is -3.26. The lowest BCUT2D eigenvalue weighted by Gasteiger charge is -2.26. The van der Waals surface area contributed by atoms with Crippen LogP contribution < -0.4 is 5.32 Å². The van der Waals surface area contributed by atoms with Gasteiger partial charge in [0.05, 0.1) is 5.92 Å². The number of ketones is 1. The van der Waals surface area contributed by atoms with Gasteiger partial charge in [0.25, 0.3) is 11.8 Å². The fraction of sp³-hybridized carbons (Fsp3) is 0.440. The van der Waals surface area contributed by atoms with Gasteiger partial charge < -0.3 is 10.1 Å². The Balaban J connectivity index is 1.79. The number of rotatable bonds is 7. The second-order valence-electron chi connectivity index (χ2n) is 9.17. The average Bonchev–Trinajstić information content (AvgIpc) is 2.98. The Morgan fingerprint density at radius 1 is 1.12 bits per heavy atom. The number of amides is 3. The second kappa shape index (κ2) is 10.1. The molecule has 1 N–H and O–H groups in total. The van der Waals surface area contributed by atoms with Crippen LogP contribution in [0.25, 0.3) is 0 Å². The van der Waals surface area contributed by atoms with Gasteiger partial charge in [-0.25, -0.2) is 4.79 Å². The van der Waals surface area contributed by atoms with Crippen molar-refractivity contribution in [3.8, 4) is 0 Å². The van der Waals surface area contributed by atoms with E-state index in [1.807, 2.05) is 36.4 Å². The van der Waals surface area contributed by atoms with Crippen LogP contribution in [0, 0.1) is 11.8 Å². The zero-order valence-electron chi connectivity index (χ0n) is 19.4. The van der Waals surface area contributed by atoms with E-state index in [9.17, 15) is 19.2 Å². The van der Waals surface area contributed by atoms with E-state index in [0.29, 0.717) is 23.5 Å². The van der Waals surface area contributed by atoms with Gasteiger partial charge in [-0.3, -0.25) is 19.2 Å². The van der Waals surface area contributed by atoms with Crippen molar-refractivity contribution in [3.05, 3.63) is 59.7 Å². The van der Waals surface area contributed by atoms with Crippen molar-refractivity contribution in [3.63, 3.8) is 0 Å². The van der Waals surface area contributed by atoms with Crippen molar-refractivity contribution in [1.29, 1.82) is 0 Å². The molecule has 0 spiro atoms. The molecule has 1 aromatic rings. The van der Waals surface area contributed by atoms with Gasteiger partial charge in [-0.2, -0.15) is 5.06 Å². The topological polar surface area (TPSA) is 102 Å². The smallest absolute Gasteiger partial charge is 0.408 e. The molecule has 1 aliphatic heterocycles. The van der Waals surface area contributed by atoms with Gasteiger partial charge in [0, 0.05) is 0 Å². The number of hydrogen-bond acceptors (Lipinski definition) is 6. The van der Waals surface area contributed by atoms with Gasteiger partial charge in [0.15, 0.2) is 5.78 Å². The number of nitrogens with zero attached hydrogens (tertiary/aromatic N) is 1. The highest BCUT2D eigenvalue weighted by Gasteiger charge is 2.52. The third kappa shape index (κ3) is 5.96. The van der Waals surface area contributed by atoms with E-state index in [0.717, 1.165) is 5.56 Å². The van der Waals surface area contributed by atoms with E-state index in [2.05, 4.69) is 5.32 Å². The maximum atomic E-state index is 13.5. The summed E-state index contributed by atoms with van der Waals surface area (Å²) in [5.74, 6) is -4.04. The van der Waals surface area contributed by atoms with Gasteiger partial charge in [-0.05, 0) is 44.7 Å². The molecule has 3 rings (SSSR count). The molecular formula is C25H30N2O6. The monoisotopic (exact) mass is 454 g/mol. The largest absolute Gasteiger partial charge is 0.444 e. The van der Waals surface area contributed by atoms with Gasteiger partial charge in [-0.1, -0.05) is 55.5 Å². The predicted octanol–water partition coefficient (Wildman–Crippen LogP) is 3.48. The molecule has 176 valence electrons. The highest BCUT2D eigenvalue weighted by atomic mass is 16.7. The van der Waals surface area contributed by atoms with Crippen LogP contribution in [-0.2, 0) is 30.6 Å². The lowest BCUT2D eigenvalue weighted by atomic mass is 9.84. The molecule has 8 nitrogen and oxygen atoms in total. The third-order valence-corrected chi connectivity index (χ3v) is 5.42. The number of hydrogen-bond donors (Lipinski definition) is 1. The standard InChI is InChI=1S/C25H30N2O6/c1-16-19(23(30)27(22(16)29)32-15-17-11-7-5-8-12-17)21(28)20(18-13-9-6-10-14-18)26-24(31)33-25(2,3)4/h5-9,11-12,14,16,19-20H,10,13,15H2,1-4H3,(H,26,31)/t16-,19+,20?/m0/s1. The molecule has 0 aromatic heterocycles. The molecule has 1 aliphatic carbocycles. The fourth-order valence-corrected chi connectivity index (χ4v) is 3.79. The van der Waals surface area contributed by atoms with Crippen molar-refractivity contribution in [1.82, 2.24) is 10.4 Å². The van der Waals surface area contributed by atoms with Crippen molar-refractivity contribution < 1.29 is 28.8 Å². The lowest BCUT2D eigenvalue weighted by molar-refractivity contribution is -0.193. The highest BCUT2D eigenvalue weighted by molar-refractivity contribution is 6.16. The zero-order chi connectivity index (χ0) is 24.2. The van der Waals surface area contributed by atoms with Crippen LogP contribution in [0.3, 0.4) is 0 Å². The van der Waals surface area contributed by atoms with E-state index in [1.165, 1.54) is 6.92 Å². The second-order valence-corrected chi connectivity index (χ2v) is 9.17. The number of benzene rings is 1. The molecule has 0 bridgehead atoms. The Kier molecular flexibility index (Phi) is 7.48. The summed E-state index contributed by atoms with van der Waals surface area (Å²) in [7, 11) is 0. The minimum Gasteiger partial charge on any atom is -0.444 e. The van der Waals surface area contributed by atoms with Crippen LogP contribution in [0.2, 0.25) is 0 Å². The summed E-state index contributed by atoms with van der Waals surface area (Å²) in [6, 6.07) is 8.02. The van der Waals surface area contributed by atoms with Gasteiger partial charge >= 0.3 is 6.09 Å². The number of ether oxygens (including phenoxy) is 1. The first kappa shape index (κ1) is 24.4. The molecule has 1 heterocycles. The SMILES string of the molecule is C[C@@H]1C(=O)N(OCc2ccccc2)C(=O)[C@H]1C(=O)C(NC(=O)OC(C)(C)C)C1=CCC=CC1. The number of nitrogens with one attached hydrogen (secondary N) is 1. The Morgan fingerprint density at radius 2 is 1.82 bits per heavy atom. The van der Waals surface area contributed by atoms with E-state index in [1.54, 1.807) is 32.9 Å². The number of imide groups is 1. The van der Waals surface area contributed by atoms with E-state index in [4.69, 9.17) is 9.57 Å². The predicted molar refractivity (Wildman–Crippen MR) is 120 cm³/mol. The molecule has 0 radical (unpaired) electrons. The first-order valence-corrected chi connectivity index (χ1v) is 11.0. The van der Waals surface area contributed by atoms with Gasteiger partial charge in [-0.15, -0.1) is 0 Å². The van der Waals surface area contributed by atoms with E-state index < -0.39 is 47.2 Å². The van der Waals surface area contributed by atoms with Crippen molar-refractivity contribution in [2.24, 2.45) is 11.8 Å². The molecule has 2 aliphatic rings. The number of Topliss-reactive ketones (excluding diaryl/α,β-unsaturated/α-hetero) is 1. The van der Waals surface area contributed by atoms with Crippen molar-refractivity contribution in [2.75, 3.05) is 0 Å². The summed E-state index contributed by atoms with van der Waals surface area (Å²) < 4.78 is 5.32. The summed E-state index contributed by atoms with van der Waals surface area (Å²) >= 11 is 0. The lowest BCUT2D eigenvalue weighted by Crippen LogP contribution is -2.48. The summed E-state index contributed by atoms with van der Waals surface area (Å²) in [5, 5.41) is 3.29. The van der Waals surface area contributed by atoms with E-state index in [-0.39, 0.29) is 6.61 Å². The fourth-order valence-electron chi connectivity index (χ4n) is 3.79. The molecule has 1 fully saturated rings. The Labute approximate surface area is 193 Å². The highest BCUT2D eigenvalue weighted by Crippen LogP contribution is 2.31. The van der Waals surface area contributed by atoms with Gasteiger partial charge in [0.2, 0.25) is 0 Å². The Bertz CT molecular complexity index is 976. The third-order valence-electron chi connectivity index (χ3n) is 5.42. The number of carbonyl (C=O) groups excluding carboxylic acids is 4. The summed E-state index contributed by atoms with van der Waals surface area (Å²) in [6.07, 6.45) is 5.98. The molecule has 3 amide bonds. The van der Waals surface area contributed by atoms with Crippen LogP contribution in [0.1, 0.15) is 46.1 Å². The van der Waals surface area contributed by atoms with Crippen LogP contribution in [-0.4, -0.2) is 40.4 Å². The molecule has 0 saturated carbocycles. The first-order chi connectivity index (χ1) is 15.6. The van der Waals surface area contributed by atoms with Crippen molar-refractivity contribution >= 4 is 23.7 Å². The summed E-state index contributed by atoms with van der Waals surface area (Å²) in [5.41, 5.74) is 0.682. The zero-order valence-corrected chi connectivity index (χ0v) is 19.4. The molecular weight excluding hydrogens is 424 g/mol. The molecule has 1 aromatic carbocycles. The number of carbonyl (C=O) groups is 4. The summed E-state index contributed by atoms with van der Waals surface area (Å²) in [6.45, 7) is 6.69. The normalized spacial score (nSPS) is 21.6. The van der Waals surface area contributed by atoms with Crippen molar-refractivity contribution in [2.45, 2.75) is 58.8 Å². The summed E-state index contributed by atoms with van der Waals surface area (Å²) in [4.78, 5) is 57.3. The minimum atomic E-state index is -1.26. The maximum absolute atomic E-state index is 13.5. The molecule has 1 saturated heterocycles. The molecule has 1 unspecified atom stereocenters. The first-order valence-electron chi connectivity index (χ1n) is 11.0. The number of alkyl carbamates (subject to hydrolysis) is 1. The number of hydroxylamine groups is 2. The van der Waals surface area contributed by atoms with Crippen LogP contribution >= 0.6 is 0 Å². The average molecular weight is 455 g/mol.